The second-order valence-corrected chi connectivity index (χ2v) is 5.73. The maximum Gasteiger partial charge on any atom is 0.320 e. The van der Waals surface area contributed by atoms with Crippen molar-refractivity contribution in [1.82, 2.24) is 10.2 Å². The molecule has 4 nitrogen and oxygen atoms in total. The molecule has 0 saturated carbocycles. The number of amides is 2. The van der Waals surface area contributed by atoms with Gasteiger partial charge in [0, 0.05) is 13.1 Å². The molecule has 0 radical (unpaired) electrons. The second-order valence-electron chi connectivity index (χ2n) is 5.73. The van der Waals surface area contributed by atoms with E-state index in [2.05, 4.69) is 25.2 Å². The molecule has 1 atom stereocenters. The lowest BCUT2D eigenvalue weighted by Crippen LogP contribution is -2.46. The minimum atomic E-state index is -0.0266. The average Bonchev–Trinajstić information content (AvgIpc) is 2.41. The van der Waals surface area contributed by atoms with Crippen molar-refractivity contribution in [2.75, 3.05) is 19.8 Å². The molecule has 1 aliphatic rings. The summed E-state index contributed by atoms with van der Waals surface area (Å²) >= 11 is 0. The van der Waals surface area contributed by atoms with E-state index in [-0.39, 0.29) is 12.8 Å². The van der Waals surface area contributed by atoms with Crippen LogP contribution in [0.3, 0.4) is 0 Å². The zero-order valence-corrected chi connectivity index (χ0v) is 12.6. The van der Waals surface area contributed by atoms with Gasteiger partial charge in [0.15, 0.2) is 6.73 Å². The van der Waals surface area contributed by atoms with Crippen LogP contribution in [0.2, 0.25) is 0 Å². The number of hydrogen-bond acceptors (Lipinski definition) is 2. The summed E-state index contributed by atoms with van der Waals surface area (Å²) in [6.07, 6.45) is 2.30. The molecule has 20 heavy (non-hydrogen) atoms. The first-order chi connectivity index (χ1) is 9.56. The highest BCUT2D eigenvalue weighted by atomic mass is 16.5. The SMILES string of the molecule is Cc1ccc(OCNC(=O)N2CCCC(C)C2)c(C)c1. The standard InChI is InChI=1S/C16H24N2O2/c1-12-6-7-15(14(3)9-12)20-11-17-16(19)18-8-4-5-13(2)10-18/h6-7,9,13H,4-5,8,10-11H2,1-3H3,(H,17,19). The van der Waals surface area contributed by atoms with Crippen molar-refractivity contribution < 1.29 is 9.53 Å². The third-order valence-electron chi connectivity index (χ3n) is 3.73. The van der Waals surface area contributed by atoms with Crippen LogP contribution in [-0.4, -0.2) is 30.8 Å². The summed E-state index contributed by atoms with van der Waals surface area (Å²) in [5.41, 5.74) is 2.30. The number of piperidine rings is 1. The van der Waals surface area contributed by atoms with Crippen molar-refractivity contribution in [3.63, 3.8) is 0 Å². The van der Waals surface area contributed by atoms with Crippen LogP contribution in [0.25, 0.3) is 0 Å². The highest BCUT2D eigenvalue weighted by Gasteiger charge is 2.20. The van der Waals surface area contributed by atoms with Gasteiger partial charge < -0.3 is 15.0 Å². The predicted molar refractivity (Wildman–Crippen MR) is 79.9 cm³/mol. The molecule has 0 bridgehead atoms. The van der Waals surface area contributed by atoms with Gasteiger partial charge in [-0.25, -0.2) is 4.79 Å². The van der Waals surface area contributed by atoms with Crippen LogP contribution in [0.15, 0.2) is 18.2 Å². The first-order valence-electron chi connectivity index (χ1n) is 7.29. The zero-order chi connectivity index (χ0) is 14.5. The number of nitrogens with zero attached hydrogens (tertiary/aromatic N) is 1. The third kappa shape index (κ3) is 3.89. The van der Waals surface area contributed by atoms with Gasteiger partial charge in [-0.1, -0.05) is 24.6 Å². The zero-order valence-electron chi connectivity index (χ0n) is 12.6. The summed E-state index contributed by atoms with van der Waals surface area (Å²) in [6, 6.07) is 6.00. The smallest absolute Gasteiger partial charge is 0.320 e. The molecule has 1 N–H and O–H groups in total. The van der Waals surface area contributed by atoms with E-state index < -0.39 is 0 Å². The fourth-order valence-corrected chi connectivity index (χ4v) is 2.62. The fraction of sp³-hybridized carbons (Fsp3) is 0.562. The van der Waals surface area contributed by atoms with E-state index in [1.807, 2.05) is 24.0 Å². The Morgan fingerprint density at radius 1 is 1.45 bits per heavy atom. The Morgan fingerprint density at radius 3 is 2.95 bits per heavy atom. The highest BCUT2D eigenvalue weighted by molar-refractivity contribution is 5.74. The van der Waals surface area contributed by atoms with E-state index in [0.29, 0.717) is 5.92 Å². The number of rotatable bonds is 3. The van der Waals surface area contributed by atoms with Crippen LogP contribution in [0.5, 0.6) is 5.75 Å². The molecular formula is C16H24N2O2. The largest absolute Gasteiger partial charge is 0.473 e. The molecule has 2 amide bonds. The summed E-state index contributed by atoms with van der Waals surface area (Å²) in [4.78, 5) is 13.9. The maximum atomic E-state index is 12.0. The monoisotopic (exact) mass is 276 g/mol. The van der Waals surface area contributed by atoms with Gasteiger partial charge >= 0.3 is 6.03 Å². The minimum absolute atomic E-state index is 0.0266. The number of carbonyl (C=O) groups excluding carboxylic acids is 1. The molecule has 1 aromatic carbocycles. The van der Waals surface area contributed by atoms with E-state index >= 15 is 0 Å². The van der Waals surface area contributed by atoms with Crippen molar-refractivity contribution >= 4 is 6.03 Å². The Kier molecular flexibility index (Phi) is 4.88. The first-order valence-corrected chi connectivity index (χ1v) is 7.29. The van der Waals surface area contributed by atoms with Crippen LogP contribution < -0.4 is 10.1 Å². The number of urea groups is 1. The van der Waals surface area contributed by atoms with Crippen molar-refractivity contribution in [3.05, 3.63) is 29.3 Å². The number of ether oxygens (including phenoxy) is 1. The van der Waals surface area contributed by atoms with Gasteiger partial charge in [0.05, 0.1) is 0 Å². The Balaban J connectivity index is 1.79. The summed E-state index contributed by atoms with van der Waals surface area (Å²) in [5, 5.41) is 2.83. The van der Waals surface area contributed by atoms with Crippen molar-refractivity contribution in [1.29, 1.82) is 0 Å². The van der Waals surface area contributed by atoms with E-state index in [9.17, 15) is 4.79 Å². The third-order valence-corrected chi connectivity index (χ3v) is 3.73. The van der Waals surface area contributed by atoms with Gasteiger partial charge in [-0.2, -0.15) is 0 Å². The van der Waals surface area contributed by atoms with E-state index in [4.69, 9.17) is 4.74 Å². The highest BCUT2D eigenvalue weighted by Crippen LogP contribution is 2.18. The molecule has 1 saturated heterocycles. The molecule has 0 aliphatic carbocycles. The Bertz CT molecular complexity index is 474. The van der Waals surface area contributed by atoms with E-state index in [0.717, 1.165) is 30.8 Å². The van der Waals surface area contributed by atoms with Crippen molar-refractivity contribution in [2.24, 2.45) is 5.92 Å². The lowest BCUT2D eigenvalue weighted by Gasteiger charge is -2.30. The van der Waals surface area contributed by atoms with Crippen LogP contribution in [0.1, 0.15) is 30.9 Å². The first kappa shape index (κ1) is 14.7. The van der Waals surface area contributed by atoms with Gasteiger partial charge in [0.25, 0.3) is 0 Å². The molecule has 1 aromatic rings. The van der Waals surface area contributed by atoms with Gasteiger partial charge in [-0.05, 0) is 44.2 Å². The van der Waals surface area contributed by atoms with Crippen molar-refractivity contribution in [3.8, 4) is 5.75 Å². The van der Waals surface area contributed by atoms with E-state index in [1.54, 1.807) is 0 Å². The molecule has 1 aliphatic heterocycles. The van der Waals surface area contributed by atoms with Crippen LogP contribution >= 0.6 is 0 Å². The van der Waals surface area contributed by atoms with Gasteiger partial charge in [-0.15, -0.1) is 0 Å². The van der Waals surface area contributed by atoms with Crippen LogP contribution in [0.4, 0.5) is 4.79 Å². The molecule has 1 fully saturated rings. The summed E-state index contributed by atoms with van der Waals surface area (Å²) in [6.45, 7) is 8.15. The maximum absolute atomic E-state index is 12.0. The normalized spacial score (nSPS) is 18.8. The van der Waals surface area contributed by atoms with Gasteiger partial charge in [0.1, 0.15) is 5.75 Å². The molecule has 4 heteroatoms. The lowest BCUT2D eigenvalue weighted by molar-refractivity contribution is 0.160. The fourth-order valence-electron chi connectivity index (χ4n) is 2.62. The van der Waals surface area contributed by atoms with Gasteiger partial charge in [0.2, 0.25) is 0 Å². The molecule has 0 aromatic heterocycles. The molecule has 110 valence electrons. The molecular weight excluding hydrogens is 252 g/mol. The second kappa shape index (κ2) is 6.64. The summed E-state index contributed by atoms with van der Waals surface area (Å²) < 4.78 is 5.62. The van der Waals surface area contributed by atoms with Gasteiger partial charge in [-0.3, -0.25) is 0 Å². The quantitative estimate of drug-likeness (QED) is 0.862. The minimum Gasteiger partial charge on any atom is -0.473 e. The Labute approximate surface area is 121 Å². The number of nitrogens with one attached hydrogen (secondary N) is 1. The number of likely N-dealkylation sites (tertiary alicyclic amines) is 1. The lowest BCUT2D eigenvalue weighted by atomic mass is 10.0. The van der Waals surface area contributed by atoms with Crippen molar-refractivity contribution in [2.45, 2.75) is 33.6 Å². The topological polar surface area (TPSA) is 41.6 Å². The van der Waals surface area contributed by atoms with Crippen LogP contribution in [0, 0.1) is 19.8 Å². The number of aryl methyl sites for hydroxylation is 2. The molecule has 2 rings (SSSR count). The number of benzene rings is 1. The van der Waals surface area contributed by atoms with Crippen LogP contribution in [-0.2, 0) is 0 Å². The Morgan fingerprint density at radius 2 is 2.25 bits per heavy atom. The summed E-state index contributed by atoms with van der Waals surface area (Å²) in [7, 11) is 0. The van der Waals surface area contributed by atoms with E-state index in [1.165, 1.54) is 12.0 Å². The molecule has 0 spiro atoms. The number of hydrogen-bond donors (Lipinski definition) is 1. The Hall–Kier alpha value is -1.71. The molecule has 1 unspecified atom stereocenters. The number of carbonyl (C=O) groups is 1. The summed E-state index contributed by atoms with van der Waals surface area (Å²) in [5.74, 6) is 1.41. The predicted octanol–water partition coefficient (Wildman–Crippen LogP) is 3.08. The molecule has 1 heterocycles. The average molecular weight is 276 g/mol.